The van der Waals surface area contributed by atoms with Crippen LogP contribution >= 0.6 is 23.4 Å². The van der Waals surface area contributed by atoms with Gasteiger partial charge in [-0.05, 0) is 25.5 Å². The second-order valence-corrected chi connectivity index (χ2v) is 7.65. The molecule has 0 aliphatic rings. The van der Waals surface area contributed by atoms with E-state index in [0.29, 0.717) is 13.1 Å². The van der Waals surface area contributed by atoms with E-state index in [-0.39, 0.29) is 21.7 Å². The van der Waals surface area contributed by atoms with Crippen molar-refractivity contribution in [2.45, 2.75) is 30.4 Å². The van der Waals surface area contributed by atoms with E-state index in [2.05, 4.69) is 10.2 Å². The molecule has 0 fully saturated rings. The minimum absolute atomic E-state index is 0.101. The zero-order valence-electron chi connectivity index (χ0n) is 15.7. The van der Waals surface area contributed by atoms with E-state index in [0.717, 1.165) is 29.6 Å². The molecule has 1 atom stereocenters. The van der Waals surface area contributed by atoms with Gasteiger partial charge in [-0.15, -0.1) is 10.2 Å². The molecule has 2 aromatic heterocycles. The Morgan fingerprint density at radius 2 is 1.86 bits per heavy atom. The fourth-order valence-corrected chi connectivity index (χ4v) is 4.21. The highest BCUT2D eigenvalue weighted by Gasteiger charge is 2.33. The van der Waals surface area contributed by atoms with Crippen molar-refractivity contribution in [2.75, 3.05) is 13.1 Å². The molecule has 1 amide bonds. The molecule has 2 heterocycles. The van der Waals surface area contributed by atoms with Gasteiger partial charge in [0, 0.05) is 19.3 Å². The molecule has 3 rings (SSSR count). The number of amides is 1. The zero-order valence-corrected chi connectivity index (χ0v) is 17.2. The van der Waals surface area contributed by atoms with E-state index in [1.165, 1.54) is 4.40 Å². The molecule has 0 aliphatic heterocycles. The maximum atomic E-state index is 13.2. The summed E-state index contributed by atoms with van der Waals surface area (Å²) in [5.41, 5.74) is -0.0866. The maximum absolute atomic E-state index is 13.2. The van der Waals surface area contributed by atoms with Crippen LogP contribution in [0.5, 0.6) is 0 Å². The van der Waals surface area contributed by atoms with Gasteiger partial charge in [0.2, 0.25) is 5.91 Å². The number of thioether (sulfide) groups is 1. The molecule has 10 heteroatoms. The van der Waals surface area contributed by atoms with Gasteiger partial charge in [-0.25, -0.2) is 0 Å². The van der Waals surface area contributed by atoms with Crippen molar-refractivity contribution < 1.29 is 18.0 Å². The van der Waals surface area contributed by atoms with Crippen molar-refractivity contribution in [3.8, 4) is 0 Å². The molecule has 1 aromatic carbocycles. The van der Waals surface area contributed by atoms with Gasteiger partial charge in [-0.1, -0.05) is 53.7 Å². The topological polar surface area (TPSA) is 50.5 Å². The lowest BCUT2D eigenvalue weighted by molar-refractivity contribution is -0.138. The first kappa shape index (κ1) is 21.4. The van der Waals surface area contributed by atoms with Crippen molar-refractivity contribution in [1.29, 1.82) is 0 Å². The minimum atomic E-state index is -4.57. The van der Waals surface area contributed by atoms with Crippen LogP contribution in [0.4, 0.5) is 13.2 Å². The number of nitrogens with zero attached hydrogens (tertiary/aromatic N) is 4. The van der Waals surface area contributed by atoms with E-state index in [9.17, 15) is 18.0 Å². The Kier molecular flexibility index (Phi) is 6.38. The molecule has 154 valence electrons. The number of rotatable bonds is 6. The van der Waals surface area contributed by atoms with Crippen LogP contribution in [0.3, 0.4) is 0 Å². The number of carbonyl (C=O) groups excluding carboxylic acids is 1. The summed E-state index contributed by atoms with van der Waals surface area (Å²) in [5.74, 6) is -0.152. The van der Waals surface area contributed by atoms with Crippen molar-refractivity contribution in [3.05, 3.63) is 58.7 Å². The number of benzene rings is 1. The van der Waals surface area contributed by atoms with Crippen molar-refractivity contribution in [3.63, 3.8) is 0 Å². The standard InChI is InChI=1S/C19H18ClF3N4OS/c1-3-26(4-2)17(28)15(12-8-6-5-7-9-12)29-18-25-24-16-14(20)10-13(11-27(16)18)19(21,22)23/h5-11,15H,3-4H2,1-2H3/t15-/m1/s1. The Bertz CT molecular complexity index is 1010. The van der Waals surface area contributed by atoms with Crippen LogP contribution in [0.1, 0.15) is 30.2 Å². The average Bonchev–Trinajstić information content (AvgIpc) is 3.10. The summed E-state index contributed by atoms with van der Waals surface area (Å²) in [7, 11) is 0. The monoisotopic (exact) mass is 442 g/mol. The van der Waals surface area contributed by atoms with Crippen LogP contribution in [-0.4, -0.2) is 38.5 Å². The Morgan fingerprint density at radius 1 is 1.21 bits per heavy atom. The average molecular weight is 443 g/mol. The lowest BCUT2D eigenvalue weighted by atomic mass is 10.1. The summed E-state index contributed by atoms with van der Waals surface area (Å²) >= 11 is 7.03. The number of aromatic nitrogens is 3. The van der Waals surface area contributed by atoms with E-state index in [1.54, 1.807) is 29.2 Å². The normalized spacial score (nSPS) is 12.9. The Balaban J connectivity index is 2.07. The summed E-state index contributed by atoms with van der Waals surface area (Å²) < 4.78 is 40.8. The lowest BCUT2D eigenvalue weighted by Gasteiger charge is -2.24. The third kappa shape index (κ3) is 4.51. The highest BCUT2D eigenvalue weighted by molar-refractivity contribution is 8.00. The fourth-order valence-electron chi connectivity index (χ4n) is 2.86. The molecule has 0 radical (unpaired) electrons. The van der Waals surface area contributed by atoms with Crippen LogP contribution in [0, 0.1) is 0 Å². The number of carbonyl (C=O) groups is 1. The predicted octanol–water partition coefficient (Wildman–Crippen LogP) is 5.10. The van der Waals surface area contributed by atoms with Crippen LogP contribution < -0.4 is 0 Å². The first-order valence-electron chi connectivity index (χ1n) is 8.88. The summed E-state index contributed by atoms with van der Waals surface area (Å²) in [6.45, 7) is 4.78. The van der Waals surface area contributed by atoms with E-state index in [1.807, 2.05) is 19.9 Å². The first-order chi connectivity index (χ1) is 13.8. The molecule has 5 nitrogen and oxygen atoms in total. The van der Waals surface area contributed by atoms with Gasteiger partial charge in [0.15, 0.2) is 10.8 Å². The quantitative estimate of drug-likeness (QED) is 0.498. The molecule has 0 N–H and O–H groups in total. The molecule has 3 aromatic rings. The summed E-state index contributed by atoms with van der Waals surface area (Å²) in [5, 5.41) is 7.20. The van der Waals surface area contributed by atoms with Crippen LogP contribution in [-0.2, 0) is 11.0 Å². The molecular formula is C19H18ClF3N4OS. The van der Waals surface area contributed by atoms with Gasteiger partial charge in [0.1, 0.15) is 5.25 Å². The third-order valence-electron chi connectivity index (χ3n) is 4.38. The van der Waals surface area contributed by atoms with Crippen molar-refractivity contribution in [2.24, 2.45) is 0 Å². The van der Waals surface area contributed by atoms with E-state index >= 15 is 0 Å². The molecule has 0 bridgehead atoms. The van der Waals surface area contributed by atoms with Gasteiger partial charge in [0.25, 0.3) is 0 Å². The highest BCUT2D eigenvalue weighted by atomic mass is 35.5. The highest BCUT2D eigenvalue weighted by Crippen LogP contribution is 2.38. The minimum Gasteiger partial charge on any atom is -0.342 e. The number of alkyl halides is 3. The zero-order chi connectivity index (χ0) is 21.2. The number of likely N-dealkylation sites (N-methyl/N-ethyl adjacent to an activating group) is 1. The Morgan fingerprint density at radius 3 is 2.45 bits per heavy atom. The Labute approximate surface area is 174 Å². The summed E-state index contributed by atoms with van der Waals surface area (Å²) in [6, 6.07) is 9.86. The fraction of sp³-hybridized carbons (Fsp3) is 0.316. The molecule has 0 unspecified atom stereocenters. The van der Waals surface area contributed by atoms with Gasteiger partial charge in [-0.2, -0.15) is 13.2 Å². The molecular weight excluding hydrogens is 425 g/mol. The van der Waals surface area contributed by atoms with Crippen LogP contribution in [0.25, 0.3) is 5.65 Å². The molecule has 29 heavy (non-hydrogen) atoms. The van der Waals surface area contributed by atoms with Crippen molar-refractivity contribution in [1.82, 2.24) is 19.5 Å². The summed E-state index contributed by atoms with van der Waals surface area (Å²) in [4.78, 5) is 14.8. The SMILES string of the molecule is CCN(CC)C(=O)[C@H](Sc1nnc2c(Cl)cc(C(F)(F)F)cn12)c1ccccc1. The first-order valence-corrected chi connectivity index (χ1v) is 10.1. The molecule has 0 saturated carbocycles. The second kappa shape index (κ2) is 8.62. The third-order valence-corrected chi connectivity index (χ3v) is 5.86. The van der Waals surface area contributed by atoms with Crippen molar-refractivity contribution >= 4 is 34.9 Å². The van der Waals surface area contributed by atoms with E-state index in [4.69, 9.17) is 11.6 Å². The Hall–Kier alpha value is -2.26. The van der Waals surface area contributed by atoms with Crippen LogP contribution in [0.2, 0.25) is 5.02 Å². The second-order valence-electron chi connectivity index (χ2n) is 6.17. The molecule has 0 saturated heterocycles. The number of hydrogen-bond donors (Lipinski definition) is 0. The molecule has 0 aliphatic carbocycles. The molecule has 0 spiro atoms. The number of hydrogen-bond acceptors (Lipinski definition) is 4. The van der Waals surface area contributed by atoms with Gasteiger partial charge in [-0.3, -0.25) is 9.20 Å². The smallest absolute Gasteiger partial charge is 0.342 e. The van der Waals surface area contributed by atoms with E-state index < -0.39 is 17.0 Å². The van der Waals surface area contributed by atoms with Gasteiger partial charge >= 0.3 is 6.18 Å². The van der Waals surface area contributed by atoms with Gasteiger partial charge < -0.3 is 4.90 Å². The number of fused-ring (bicyclic) bond motifs is 1. The number of pyridine rings is 1. The largest absolute Gasteiger partial charge is 0.417 e. The maximum Gasteiger partial charge on any atom is 0.417 e. The predicted molar refractivity (Wildman–Crippen MR) is 106 cm³/mol. The van der Waals surface area contributed by atoms with Crippen LogP contribution in [0.15, 0.2) is 47.8 Å². The lowest BCUT2D eigenvalue weighted by Crippen LogP contribution is -2.33. The van der Waals surface area contributed by atoms with Gasteiger partial charge in [0.05, 0.1) is 10.6 Å². The number of halogens is 4. The summed E-state index contributed by atoms with van der Waals surface area (Å²) in [6.07, 6.45) is -3.67.